The van der Waals surface area contributed by atoms with Crippen molar-refractivity contribution in [2.45, 2.75) is 38.0 Å². The highest BCUT2D eigenvalue weighted by molar-refractivity contribution is 5.83. The Balaban J connectivity index is 2.60. The highest BCUT2D eigenvalue weighted by Crippen LogP contribution is 2.46. The number of benzene rings is 1. The van der Waals surface area contributed by atoms with E-state index in [0.29, 0.717) is 18.6 Å². The quantitative estimate of drug-likeness (QED) is 0.908. The molecule has 4 nitrogen and oxygen atoms in total. The Hall–Kier alpha value is -1.71. The molecule has 0 atom stereocenters. The van der Waals surface area contributed by atoms with Gasteiger partial charge in [-0.15, -0.1) is 0 Å². The van der Waals surface area contributed by atoms with Gasteiger partial charge >= 0.3 is 5.97 Å². The lowest BCUT2D eigenvalue weighted by atomic mass is 9.78. The number of hydrogen-bond donors (Lipinski definition) is 1. The number of carbonyl (C=O) groups is 1. The van der Waals surface area contributed by atoms with Crippen LogP contribution in [0, 0.1) is 6.92 Å². The molecule has 0 aliphatic heterocycles. The van der Waals surface area contributed by atoms with Crippen molar-refractivity contribution in [2.24, 2.45) is 0 Å². The minimum absolute atomic E-state index is 0.603. The normalized spacial score (nSPS) is 17.2. The van der Waals surface area contributed by atoms with E-state index in [2.05, 4.69) is 0 Å². The standard InChI is InChI=1S/C15H20O4/c1-10-8-11(13(19-3)9-12(10)18-2)15(14(16)17)6-4-5-7-15/h8-9H,4-7H2,1-3H3,(H,16,17). The van der Waals surface area contributed by atoms with Crippen molar-refractivity contribution in [3.05, 3.63) is 23.3 Å². The number of ether oxygens (including phenoxy) is 2. The average Bonchev–Trinajstić information content (AvgIpc) is 2.89. The molecule has 0 aromatic heterocycles. The topological polar surface area (TPSA) is 55.8 Å². The van der Waals surface area contributed by atoms with Crippen molar-refractivity contribution in [3.8, 4) is 11.5 Å². The van der Waals surface area contributed by atoms with Crippen LogP contribution in [0.4, 0.5) is 0 Å². The van der Waals surface area contributed by atoms with Crippen LogP contribution in [0.2, 0.25) is 0 Å². The summed E-state index contributed by atoms with van der Waals surface area (Å²) in [5.41, 5.74) is 0.909. The van der Waals surface area contributed by atoms with Crippen molar-refractivity contribution < 1.29 is 19.4 Å². The fourth-order valence-electron chi connectivity index (χ4n) is 3.01. The zero-order valence-corrected chi connectivity index (χ0v) is 11.7. The van der Waals surface area contributed by atoms with Crippen LogP contribution in [-0.4, -0.2) is 25.3 Å². The molecule has 1 aromatic carbocycles. The van der Waals surface area contributed by atoms with Gasteiger partial charge in [0.2, 0.25) is 0 Å². The summed E-state index contributed by atoms with van der Waals surface area (Å²) in [5.74, 6) is 0.568. The van der Waals surface area contributed by atoms with Gasteiger partial charge < -0.3 is 14.6 Å². The molecule has 4 heteroatoms. The molecule has 1 aliphatic carbocycles. The summed E-state index contributed by atoms with van der Waals surface area (Å²) in [4.78, 5) is 11.8. The van der Waals surface area contributed by atoms with Gasteiger partial charge in [-0.2, -0.15) is 0 Å². The van der Waals surface area contributed by atoms with Crippen LogP contribution in [-0.2, 0) is 10.2 Å². The van der Waals surface area contributed by atoms with Gasteiger partial charge in [0.15, 0.2) is 0 Å². The second kappa shape index (κ2) is 5.11. The highest BCUT2D eigenvalue weighted by Gasteiger charge is 2.45. The fourth-order valence-corrected chi connectivity index (χ4v) is 3.01. The smallest absolute Gasteiger partial charge is 0.314 e. The van der Waals surface area contributed by atoms with E-state index >= 15 is 0 Å². The van der Waals surface area contributed by atoms with Gasteiger partial charge in [0.05, 0.1) is 19.6 Å². The predicted octanol–water partition coefficient (Wildman–Crippen LogP) is 2.91. The Morgan fingerprint density at radius 3 is 2.21 bits per heavy atom. The zero-order valence-electron chi connectivity index (χ0n) is 11.7. The summed E-state index contributed by atoms with van der Waals surface area (Å²) in [5, 5.41) is 9.67. The first-order chi connectivity index (χ1) is 9.05. The molecule has 0 radical (unpaired) electrons. The van der Waals surface area contributed by atoms with E-state index in [9.17, 15) is 9.90 Å². The molecule has 1 aliphatic rings. The SMILES string of the molecule is COc1cc(OC)c(C2(C(=O)O)CCCC2)cc1C. The second-order valence-corrected chi connectivity index (χ2v) is 5.12. The molecule has 0 unspecified atom stereocenters. The van der Waals surface area contributed by atoms with Crippen molar-refractivity contribution in [2.75, 3.05) is 14.2 Å². The predicted molar refractivity (Wildman–Crippen MR) is 72.1 cm³/mol. The summed E-state index contributed by atoms with van der Waals surface area (Å²) in [6.45, 7) is 1.92. The zero-order chi connectivity index (χ0) is 14.0. The number of rotatable bonds is 4. The number of methoxy groups -OCH3 is 2. The van der Waals surface area contributed by atoms with Crippen molar-refractivity contribution >= 4 is 5.97 Å². The third-order valence-corrected chi connectivity index (χ3v) is 4.10. The largest absolute Gasteiger partial charge is 0.496 e. The van der Waals surface area contributed by atoms with Gasteiger partial charge in [0.25, 0.3) is 0 Å². The molecule has 0 saturated heterocycles. The van der Waals surface area contributed by atoms with Crippen LogP contribution in [0.15, 0.2) is 12.1 Å². The lowest BCUT2D eigenvalue weighted by Crippen LogP contribution is -2.33. The first-order valence-electron chi connectivity index (χ1n) is 6.51. The van der Waals surface area contributed by atoms with Crippen LogP contribution in [0.3, 0.4) is 0 Å². The van der Waals surface area contributed by atoms with Gasteiger partial charge in [0.1, 0.15) is 11.5 Å². The lowest BCUT2D eigenvalue weighted by molar-refractivity contribution is -0.143. The van der Waals surface area contributed by atoms with Crippen LogP contribution in [0.25, 0.3) is 0 Å². The third-order valence-electron chi connectivity index (χ3n) is 4.10. The highest BCUT2D eigenvalue weighted by atomic mass is 16.5. The fraction of sp³-hybridized carbons (Fsp3) is 0.533. The summed E-state index contributed by atoms with van der Waals surface area (Å²) in [6.07, 6.45) is 3.23. The van der Waals surface area contributed by atoms with Crippen LogP contribution >= 0.6 is 0 Å². The van der Waals surface area contributed by atoms with Crippen LogP contribution in [0.1, 0.15) is 36.8 Å². The maximum absolute atomic E-state index is 11.8. The third kappa shape index (κ3) is 2.15. The van der Waals surface area contributed by atoms with E-state index < -0.39 is 11.4 Å². The molecule has 1 fully saturated rings. The molecule has 0 amide bonds. The Morgan fingerprint density at radius 2 is 1.74 bits per heavy atom. The van der Waals surface area contributed by atoms with E-state index in [-0.39, 0.29) is 0 Å². The molecule has 1 N–H and O–H groups in total. The molecule has 1 aromatic rings. The van der Waals surface area contributed by atoms with Crippen LogP contribution in [0.5, 0.6) is 11.5 Å². The molecular weight excluding hydrogens is 244 g/mol. The van der Waals surface area contributed by atoms with E-state index in [4.69, 9.17) is 9.47 Å². The molecular formula is C15H20O4. The maximum Gasteiger partial charge on any atom is 0.314 e. The molecule has 2 rings (SSSR count). The van der Waals surface area contributed by atoms with Gasteiger partial charge in [-0.3, -0.25) is 4.79 Å². The molecule has 0 heterocycles. The maximum atomic E-state index is 11.8. The summed E-state index contributed by atoms with van der Waals surface area (Å²) in [7, 11) is 3.17. The van der Waals surface area contributed by atoms with Gasteiger partial charge in [-0.25, -0.2) is 0 Å². The minimum atomic E-state index is -0.803. The molecule has 0 spiro atoms. The number of aliphatic carboxylic acids is 1. The molecule has 0 bridgehead atoms. The average molecular weight is 264 g/mol. The number of hydrogen-bond acceptors (Lipinski definition) is 3. The molecule has 19 heavy (non-hydrogen) atoms. The van der Waals surface area contributed by atoms with Gasteiger partial charge in [-0.05, 0) is 31.4 Å². The van der Waals surface area contributed by atoms with Crippen molar-refractivity contribution in [3.63, 3.8) is 0 Å². The Kier molecular flexibility index (Phi) is 3.69. The monoisotopic (exact) mass is 264 g/mol. The lowest BCUT2D eigenvalue weighted by Gasteiger charge is -2.27. The van der Waals surface area contributed by atoms with Crippen molar-refractivity contribution in [1.29, 1.82) is 0 Å². The summed E-state index contributed by atoms with van der Waals surface area (Å²) in [6, 6.07) is 3.69. The van der Waals surface area contributed by atoms with Crippen molar-refractivity contribution in [1.82, 2.24) is 0 Å². The van der Waals surface area contributed by atoms with E-state index in [1.54, 1.807) is 20.3 Å². The number of aryl methyl sites for hydroxylation is 1. The first kappa shape index (κ1) is 13.7. The Morgan fingerprint density at radius 1 is 1.16 bits per heavy atom. The Labute approximate surface area is 113 Å². The minimum Gasteiger partial charge on any atom is -0.496 e. The van der Waals surface area contributed by atoms with E-state index in [1.165, 1.54) is 0 Å². The second-order valence-electron chi connectivity index (χ2n) is 5.12. The van der Waals surface area contributed by atoms with E-state index in [1.807, 2.05) is 13.0 Å². The van der Waals surface area contributed by atoms with Gasteiger partial charge in [-0.1, -0.05) is 12.8 Å². The molecule has 1 saturated carbocycles. The van der Waals surface area contributed by atoms with Crippen LogP contribution < -0.4 is 9.47 Å². The summed E-state index contributed by atoms with van der Waals surface area (Å²) < 4.78 is 10.7. The molecule has 104 valence electrons. The Bertz CT molecular complexity index is 487. The summed E-state index contributed by atoms with van der Waals surface area (Å²) >= 11 is 0. The first-order valence-corrected chi connectivity index (χ1v) is 6.51. The number of carboxylic acids is 1. The number of carboxylic acid groups (broad SMARTS) is 1. The van der Waals surface area contributed by atoms with Gasteiger partial charge in [0, 0.05) is 11.6 Å². The van der Waals surface area contributed by atoms with E-state index in [0.717, 1.165) is 29.7 Å².